The van der Waals surface area contributed by atoms with Crippen LogP contribution in [0.1, 0.15) is 5.56 Å². The van der Waals surface area contributed by atoms with Crippen LogP contribution in [0.25, 0.3) is 0 Å². The zero-order chi connectivity index (χ0) is 14.7. The summed E-state index contributed by atoms with van der Waals surface area (Å²) in [5.41, 5.74) is 7.54. The second-order valence-corrected chi connectivity index (χ2v) is 5.21. The summed E-state index contributed by atoms with van der Waals surface area (Å²) in [7, 11) is 0. The van der Waals surface area contributed by atoms with Crippen molar-refractivity contribution in [1.29, 1.82) is 0 Å². The number of nitrogens with zero attached hydrogens (tertiary/aromatic N) is 3. The minimum atomic E-state index is 0.313. The van der Waals surface area contributed by atoms with Gasteiger partial charge < -0.3 is 15.8 Å². The minimum absolute atomic E-state index is 0.313. The molecule has 0 aliphatic rings. The van der Waals surface area contributed by atoms with Gasteiger partial charge in [-0.3, -0.25) is 0 Å². The lowest BCUT2D eigenvalue weighted by molar-refractivity contribution is 0.464. The van der Waals surface area contributed by atoms with Gasteiger partial charge in [0.2, 0.25) is 5.88 Å². The minimum Gasteiger partial charge on any atom is -0.437 e. The number of ether oxygens (including phenoxy) is 1. The highest BCUT2D eigenvalue weighted by atomic mass is 32.1. The Morgan fingerprint density at radius 2 is 1.95 bits per heavy atom. The Labute approximate surface area is 125 Å². The van der Waals surface area contributed by atoms with E-state index in [1.165, 1.54) is 17.7 Å². The molecule has 6 nitrogen and oxygen atoms in total. The number of benzene rings is 1. The molecule has 3 rings (SSSR count). The van der Waals surface area contributed by atoms with Gasteiger partial charge in [0.25, 0.3) is 0 Å². The van der Waals surface area contributed by atoms with Crippen molar-refractivity contribution in [2.75, 3.05) is 11.1 Å². The topological polar surface area (TPSA) is 86.0 Å². The van der Waals surface area contributed by atoms with E-state index in [4.69, 9.17) is 10.5 Å². The number of hydrogen-bond donors (Lipinski definition) is 2. The number of rotatable bonds is 4. The highest BCUT2D eigenvalue weighted by Gasteiger charge is 2.11. The molecule has 0 saturated heterocycles. The van der Waals surface area contributed by atoms with Gasteiger partial charge in [-0.05, 0) is 19.1 Å². The van der Waals surface area contributed by atoms with E-state index in [-0.39, 0.29) is 0 Å². The zero-order valence-corrected chi connectivity index (χ0v) is 12.1. The molecule has 2 aromatic heterocycles. The number of aromatic nitrogens is 3. The van der Waals surface area contributed by atoms with E-state index in [2.05, 4.69) is 20.3 Å². The highest BCUT2D eigenvalue weighted by Crippen LogP contribution is 2.31. The van der Waals surface area contributed by atoms with E-state index in [1.807, 2.05) is 36.6 Å². The summed E-state index contributed by atoms with van der Waals surface area (Å²) in [5.74, 6) is 1.46. The number of thiazole rings is 1. The maximum absolute atomic E-state index is 6.04. The van der Waals surface area contributed by atoms with E-state index >= 15 is 0 Å². The fraction of sp³-hybridized carbons (Fsp3) is 0.0714. The lowest BCUT2D eigenvalue weighted by atomic mass is 10.2. The summed E-state index contributed by atoms with van der Waals surface area (Å²) < 4.78 is 5.69. The van der Waals surface area contributed by atoms with Crippen molar-refractivity contribution in [3.05, 3.63) is 47.7 Å². The van der Waals surface area contributed by atoms with Gasteiger partial charge in [-0.2, -0.15) is 4.98 Å². The Morgan fingerprint density at radius 3 is 2.67 bits per heavy atom. The molecule has 0 radical (unpaired) electrons. The largest absolute Gasteiger partial charge is 0.437 e. The highest BCUT2D eigenvalue weighted by molar-refractivity contribution is 7.13. The summed E-state index contributed by atoms with van der Waals surface area (Å²) in [6, 6.07) is 7.65. The van der Waals surface area contributed by atoms with Crippen LogP contribution in [0.2, 0.25) is 0 Å². The van der Waals surface area contributed by atoms with Crippen LogP contribution in [0.4, 0.5) is 16.6 Å². The van der Waals surface area contributed by atoms with Crippen LogP contribution in [-0.2, 0) is 0 Å². The monoisotopic (exact) mass is 299 g/mol. The second-order valence-electron chi connectivity index (χ2n) is 4.32. The van der Waals surface area contributed by atoms with Crippen molar-refractivity contribution in [3.63, 3.8) is 0 Å². The van der Waals surface area contributed by atoms with Crippen molar-refractivity contribution in [3.8, 4) is 11.6 Å². The molecule has 7 heteroatoms. The van der Waals surface area contributed by atoms with Gasteiger partial charge in [0.1, 0.15) is 17.8 Å². The standard InChI is InChI=1S/C14H13N5OS/c1-9-2-4-10(5-3-9)20-13-11(15)12(17-8-18-13)19-14-16-6-7-21-14/h2-8H,15H2,1H3,(H,16,17,18,19). The lowest BCUT2D eigenvalue weighted by Gasteiger charge is -2.10. The average molecular weight is 299 g/mol. The molecular formula is C14H13N5OS. The van der Waals surface area contributed by atoms with Crippen LogP contribution < -0.4 is 15.8 Å². The third kappa shape index (κ3) is 3.09. The van der Waals surface area contributed by atoms with Gasteiger partial charge in [-0.15, -0.1) is 11.3 Å². The lowest BCUT2D eigenvalue weighted by Crippen LogP contribution is -2.02. The Morgan fingerprint density at radius 1 is 1.14 bits per heavy atom. The fourth-order valence-corrected chi connectivity index (χ4v) is 2.19. The predicted octanol–water partition coefficient (Wildman–Crippen LogP) is 3.36. The van der Waals surface area contributed by atoms with Crippen LogP contribution in [0.5, 0.6) is 11.6 Å². The van der Waals surface area contributed by atoms with Crippen molar-refractivity contribution in [1.82, 2.24) is 15.0 Å². The van der Waals surface area contributed by atoms with Gasteiger partial charge in [-0.1, -0.05) is 17.7 Å². The van der Waals surface area contributed by atoms with Crippen LogP contribution in [0, 0.1) is 6.92 Å². The molecule has 21 heavy (non-hydrogen) atoms. The number of aryl methyl sites for hydroxylation is 1. The SMILES string of the molecule is Cc1ccc(Oc2ncnc(Nc3nccs3)c2N)cc1. The Kier molecular flexibility index (Phi) is 3.65. The van der Waals surface area contributed by atoms with Gasteiger partial charge in [0.15, 0.2) is 10.9 Å². The molecule has 2 heterocycles. The summed E-state index contributed by atoms with van der Waals surface area (Å²) in [6.07, 6.45) is 3.10. The molecule has 0 saturated carbocycles. The molecule has 106 valence electrons. The third-order valence-electron chi connectivity index (χ3n) is 2.74. The summed E-state index contributed by atoms with van der Waals surface area (Å²) in [6.45, 7) is 2.01. The zero-order valence-electron chi connectivity index (χ0n) is 11.3. The van der Waals surface area contributed by atoms with E-state index < -0.39 is 0 Å². The predicted molar refractivity (Wildman–Crippen MR) is 83.1 cm³/mol. The first-order valence-electron chi connectivity index (χ1n) is 6.24. The van der Waals surface area contributed by atoms with E-state index in [1.54, 1.807) is 6.20 Å². The molecule has 0 amide bonds. The first-order chi connectivity index (χ1) is 10.2. The molecule has 3 N–H and O–H groups in total. The van der Waals surface area contributed by atoms with Crippen LogP contribution in [0.3, 0.4) is 0 Å². The molecule has 0 aliphatic heterocycles. The van der Waals surface area contributed by atoms with Crippen molar-refractivity contribution < 1.29 is 4.74 Å². The number of nitrogens with two attached hydrogens (primary N) is 1. The quantitative estimate of drug-likeness (QED) is 0.768. The van der Waals surface area contributed by atoms with Gasteiger partial charge >= 0.3 is 0 Å². The number of hydrogen-bond acceptors (Lipinski definition) is 7. The average Bonchev–Trinajstić information content (AvgIpc) is 2.99. The number of nitrogens with one attached hydrogen (secondary N) is 1. The smallest absolute Gasteiger partial charge is 0.248 e. The van der Waals surface area contributed by atoms with Crippen LogP contribution >= 0.6 is 11.3 Å². The summed E-state index contributed by atoms with van der Waals surface area (Å²) in [5, 5.41) is 5.61. The molecule has 0 bridgehead atoms. The van der Waals surface area contributed by atoms with Crippen LogP contribution in [0.15, 0.2) is 42.2 Å². The maximum Gasteiger partial charge on any atom is 0.248 e. The van der Waals surface area contributed by atoms with Crippen molar-refractivity contribution >= 4 is 28.0 Å². The van der Waals surface area contributed by atoms with Crippen molar-refractivity contribution in [2.45, 2.75) is 6.92 Å². The molecule has 3 aromatic rings. The summed E-state index contributed by atoms with van der Waals surface area (Å²) >= 11 is 1.46. The van der Waals surface area contributed by atoms with E-state index in [0.717, 1.165) is 5.56 Å². The van der Waals surface area contributed by atoms with E-state index in [9.17, 15) is 0 Å². The second kappa shape index (κ2) is 5.76. The van der Waals surface area contributed by atoms with Gasteiger partial charge in [0, 0.05) is 11.6 Å². The molecule has 0 unspecified atom stereocenters. The Balaban J connectivity index is 1.84. The first kappa shape index (κ1) is 13.3. The number of anilines is 3. The molecule has 0 spiro atoms. The molecule has 0 fully saturated rings. The first-order valence-corrected chi connectivity index (χ1v) is 7.12. The third-order valence-corrected chi connectivity index (χ3v) is 3.43. The van der Waals surface area contributed by atoms with Gasteiger partial charge in [0.05, 0.1) is 0 Å². The Hall–Kier alpha value is -2.67. The maximum atomic E-state index is 6.04. The van der Waals surface area contributed by atoms with Crippen molar-refractivity contribution in [2.24, 2.45) is 0 Å². The van der Waals surface area contributed by atoms with E-state index in [0.29, 0.717) is 28.3 Å². The normalized spacial score (nSPS) is 10.3. The fourth-order valence-electron chi connectivity index (χ4n) is 1.66. The molecule has 0 atom stereocenters. The summed E-state index contributed by atoms with van der Waals surface area (Å²) in [4.78, 5) is 12.3. The van der Waals surface area contributed by atoms with Crippen LogP contribution in [-0.4, -0.2) is 15.0 Å². The number of nitrogen functional groups attached to an aromatic ring is 1. The van der Waals surface area contributed by atoms with Gasteiger partial charge in [-0.25, -0.2) is 9.97 Å². The molecule has 1 aromatic carbocycles. The Bertz CT molecular complexity index is 728. The molecule has 0 aliphatic carbocycles. The molecular weight excluding hydrogens is 286 g/mol.